The van der Waals surface area contributed by atoms with Crippen LogP contribution in [0.25, 0.3) is 0 Å². The fourth-order valence-corrected chi connectivity index (χ4v) is 4.55. The van der Waals surface area contributed by atoms with Crippen LogP contribution in [-0.4, -0.2) is 35.1 Å². The summed E-state index contributed by atoms with van der Waals surface area (Å²) in [6.07, 6.45) is 2.80. The van der Waals surface area contributed by atoms with Crippen molar-refractivity contribution in [3.63, 3.8) is 0 Å². The van der Waals surface area contributed by atoms with Crippen molar-refractivity contribution in [3.8, 4) is 11.5 Å². The minimum absolute atomic E-state index is 0.0786. The fourth-order valence-electron chi connectivity index (χ4n) is 3.38. The molecule has 1 aliphatic carbocycles. The highest BCUT2D eigenvalue weighted by atomic mass is 32.2. The molecule has 0 heterocycles. The molecule has 1 aliphatic rings. The number of methoxy groups -OCH3 is 2. The van der Waals surface area contributed by atoms with Crippen LogP contribution in [0.5, 0.6) is 11.5 Å². The Morgan fingerprint density at radius 1 is 1.14 bits per heavy atom. The highest BCUT2D eigenvalue weighted by Gasteiger charge is 2.24. The number of nitrogens with one attached hydrogen (secondary N) is 2. The van der Waals surface area contributed by atoms with Gasteiger partial charge in [-0.15, -0.1) is 0 Å². The summed E-state index contributed by atoms with van der Waals surface area (Å²) in [6.45, 7) is -0.360. The van der Waals surface area contributed by atoms with Gasteiger partial charge in [-0.2, -0.15) is 0 Å². The van der Waals surface area contributed by atoms with E-state index in [-0.39, 0.29) is 29.1 Å². The Hall–Kier alpha value is -2.58. The number of amides is 1. The second kappa shape index (κ2) is 8.62. The van der Waals surface area contributed by atoms with E-state index in [1.165, 1.54) is 31.9 Å². The van der Waals surface area contributed by atoms with E-state index in [9.17, 15) is 13.2 Å². The predicted octanol–water partition coefficient (Wildman–Crippen LogP) is 2.18. The van der Waals surface area contributed by atoms with Crippen LogP contribution < -0.4 is 19.5 Å². The van der Waals surface area contributed by atoms with Gasteiger partial charge in [-0.3, -0.25) is 4.79 Å². The zero-order valence-electron chi connectivity index (χ0n) is 15.9. The predicted molar refractivity (Wildman–Crippen MR) is 105 cm³/mol. The molecule has 2 N–H and O–H groups in total. The number of hydrogen-bond donors (Lipinski definition) is 2. The summed E-state index contributed by atoms with van der Waals surface area (Å²) in [5.41, 5.74) is 2.32. The first-order valence-corrected chi connectivity index (χ1v) is 10.5. The third-order valence-corrected chi connectivity index (χ3v) is 6.21. The normalized spacial score (nSPS) is 16.1. The second-order valence-electron chi connectivity index (χ2n) is 6.55. The van der Waals surface area contributed by atoms with Gasteiger partial charge in [0.25, 0.3) is 0 Å². The van der Waals surface area contributed by atoms with Crippen molar-refractivity contribution in [2.24, 2.45) is 0 Å². The van der Waals surface area contributed by atoms with Crippen molar-refractivity contribution in [2.75, 3.05) is 20.8 Å². The number of carbonyl (C=O) groups is 1. The van der Waals surface area contributed by atoms with Gasteiger partial charge in [0, 0.05) is 6.07 Å². The van der Waals surface area contributed by atoms with Crippen molar-refractivity contribution in [1.29, 1.82) is 0 Å². The topological polar surface area (TPSA) is 93.7 Å². The first-order chi connectivity index (χ1) is 13.4. The van der Waals surface area contributed by atoms with Crippen LogP contribution in [0.15, 0.2) is 47.4 Å². The van der Waals surface area contributed by atoms with Gasteiger partial charge in [0.05, 0.1) is 26.8 Å². The molecule has 0 saturated carbocycles. The molecule has 2 aromatic carbocycles. The Balaban J connectivity index is 1.68. The summed E-state index contributed by atoms with van der Waals surface area (Å²) >= 11 is 0. The van der Waals surface area contributed by atoms with E-state index in [0.29, 0.717) is 5.75 Å². The number of carbonyl (C=O) groups excluding carboxylic acids is 1. The molecule has 0 bridgehead atoms. The third-order valence-electron chi connectivity index (χ3n) is 4.79. The molecule has 150 valence electrons. The molecule has 3 rings (SSSR count). The van der Waals surface area contributed by atoms with Gasteiger partial charge >= 0.3 is 0 Å². The number of sulfonamides is 1. The Morgan fingerprint density at radius 3 is 2.68 bits per heavy atom. The first kappa shape index (κ1) is 20.2. The van der Waals surface area contributed by atoms with Gasteiger partial charge in [0.2, 0.25) is 15.9 Å². The van der Waals surface area contributed by atoms with Gasteiger partial charge < -0.3 is 14.8 Å². The molecule has 0 radical (unpaired) electrons. The lowest BCUT2D eigenvalue weighted by molar-refractivity contribution is -0.120. The molecule has 1 atom stereocenters. The van der Waals surface area contributed by atoms with E-state index in [1.54, 1.807) is 6.07 Å². The lowest BCUT2D eigenvalue weighted by atomic mass is 9.88. The summed E-state index contributed by atoms with van der Waals surface area (Å²) in [6, 6.07) is 12.4. The molecule has 0 spiro atoms. The summed E-state index contributed by atoms with van der Waals surface area (Å²) in [5.74, 6) is 0.173. The zero-order valence-corrected chi connectivity index (χ0v) is 16.7. The van der Waals surface area contributed by atoms with Gasteiger partial charge in [-0.05, 0) is 42.5 Å². The van der Waals surface area contributed by atoms with Crippen LogP contribution in [-0.2, 0) is 21.2 Å². The summed E-state index contributed by atoms with van der Waals surface area (Å²) < 4.78 is 37.8. The summed E-state index contributed by atoms with van der Waals surface area (Å²) in [5, 5.41) is 2.93. The van der Waals surface area contributed by atoms with Crippen molar-refractivity contribution >= 4 is 15.9 Å². The van der Waals surface area contributed by atoms with Gasteiger partial charge in [-0.25, -0.2) is 13.1 Å². The highest BCUT2D eigenvalue weighted by molar-refractivity contribution is 7.89. The maximum absolute atomic E-state index is 12.6. The van der Waals surface area contributed by atoms with E-state index in [1.807, 2.05) is 18.2 Å². The molecular formula is C20H24N2O5S. The number of aryl methyl sites for hydroxylation is 1. The molecule has 0 aliphatic heterocycles. The van der Waals surface area contributed by atoms with Crippen LogP contribution in [0.3, 0.4) is 0 Å². The smallest absolute Gasteiger partial charge is 0.244 e. The van der Waals surface area contributed by atoms with Crippen LogP contribution in [0.2, 0.25) is 0 Å². The number of benzene rings is 2. The van der Waals surface area contributed by atoms with Crippen LogP contribution in [0, 0.1) is 0 Å². The molecule has 2 aromatic rings. The third kappa shape index (κ3) is 4.45. The lowest BCUT2D eigenvalue weighted by Crippen LogP contribution is -2.39. The van der Waals surface area contributed by atoms with E-state index in [4.69, 9.17) is 9.47 Å². The minimum atomic E-state index is -3.95. The van der Waals surface area contributed by atoms with E-state index in [2.05, 4.69) is 16.1 Å². The van der Waals surface area contributed by atoms with Crippen molar-refractivity contribution in [2.45, 2.75) is 30.2 Å². The van der Waals surface area contributed by atoms with Gasteiger partial charge in [0.15, 0.2) is 0 Å². The number of hydrogen-bond acceptors (Lipinski definition) is 5. The quantitative estimate of drug-likeness (QED) is 0.738. The average Bonchev–Trinajstić information content (AvgIpc) is 2.72. The average molecular weight is 404 g/mol. The summed E-state index contributed by atoms with van der Waals surface area (Å²) in [7, 11) is -1.12. The molecule has 28 heavy (non-hydrogen) atoms. The Labute approximate surface area is 165 Å². The maximum Gasteiger partial charge on any atom is 0.244 e. The Morgan fingerprint density at radius 2 is 1.93 bits per heavy atom. The van der Waals surface area contributed by atoms with Crippen molar-refractivity contribution in [3.05, 3.63) is 53.6 Å². The van der Waals surface area contributed by atoms with Gasteiger partial charge in [-0.1, -0.05) is 24.3 Å². The standard InChI is InChI=1S/C20H24N2O5S/c1-26-15-10-11-18(27-2)19(12-15)28(24,25)21-13-20(23)22-17-9-5-7-14-6-3-4-8-16(14)17/h3-4,6,8,10-12,17,21H,5,7,9,13H2,1-2H3,(H,22,23)/t17-/m1/s1. The van der Waals surface area contributed by atoms with Crippen LogP contribution in [0.4, 0.5) is 0 Å². The van der Waals surface area contributed by atoms with E-state index in [0.717, 1.165) is 24.8 Å². The Kier molecular flexibility index (Phi) is 6.21. The molecule has 0 fully saturated rings. The Bertz CT molecular complexity index is 959. The molecule has 7 nitrogen and oxygen atoms in total. The van der Waals surface area contributed by atoms with Gasteiger partial charge in [0.1, 0.15) is 16.4 Å². The van der Waals surface area contributed by atoms with E-state index >= 15 is 0 Å². The molecule has 8 heteroatoms. The monoisotopic (exact) mass is 404 g/mol. The number of ether oxygens (including phenoxy) is 2. The maximum atomic E-state index is 12.6. The molecular weight excluding hydrogens is 380 g/mol. The molecule has 0 saturated heterocycles. The SMILES string of the molecule is COc1ccc(OC)c(S(=O)(=O)NCC(=O)N[C@@H]2CCCc3ccccc32)c1. The first-order valence-electron chi connectivity index (χ1n) is 9.03. The van der Waals surface area contributed by atoms with Crippen molar-refractivity contribution < 1.29 is 22.7 Å². The molecule has 0 aromatic heterocycles. The number of fused-ring (bicyclic) bond motifs is 1. The minimum Gasteiger partial charge on any atom is -0.497 e. The van der Waals surface area contributed by atoms with Crippen LogP contribution in [0.1, 0.15) is 30.0 Å². The zero-order chi connectivity index (χ0) is 20.1. The largest absolute Gasteiger partial charge is 0.497 e. The van der Waals surface area contributed by atoms with E-state index < -0.39 is 10.0 Å². The second-order valence-corrected chi connectivity index (χ2v) is 8.29. The van der Waals surface area contributed by atoms with Crippen LogP contribution >= 0.6 is 0 Å². The van der Waals surface area contributed by atoms with Crippen molar-refractivity contribution in [1.82, 2.24) is 10.0 Å². The fraction of sp³-hybridized carbons (Fsp3) is 0.350. The lowest BCUT2D eigenvalue weighted by Gasteiger charge is -2.26. The molecule has 1 amide bonds. The molecule has 0 unspecified atom stereocenters. The highest BCUT2D eigenvalue weighted by Crippen LogP contribution is 2.30. The summed E-state index contributed by atoms with van der Waals surface area (Å²) in [4.78, 5) is 12.3. The number of rotatable bonds is 7.